The Bertz CT molecular complexity index is 449. The Morgan fingerprint density at radius 2 is 1.85 bits per heavy atom. The molecule has 0 radical (unpaired) electrons. The van der Waals surface area contributed by atoms with Crippen molar-refractivity contribution in [1.82, 2.24) is 5.32 Å². The lowest BCUT2D eigenvalue weighted by atomic mass is 10.1. The van der Waals surface area contributed by atoms with Crippen LogP contribution in [0.15, 0.2) is 12.1 Å². The minimum Gasteiger partial charge on any atom is -0.493 e. The zero-order chi connectivity index (χ0) is 15.0. The van der Waals surface area contributed by atoms with Crippen LogP contribution in [0.4, 0.5) is 0 Å². The smallest absolute Gasteiger partial charge is 0.220 e. The van der Waals surface area contributed by atoms with Crippen molar-refractivity contribution in [3.63, 3.8) is 0 Å². The molecule has 0 spiro atoms. The van der Waals surface area contributed by atoms with E-state index in [0.29, 0.717) is 29.5 Å². The third-order valence-corrected chi connectivity index (χ3v) is 3.39. The van der Waals surface area contributed by atoms with Gasteiger partial charge in [0.25, 0.3) is 0 Å². The highest BCUT2D eigenvalue weighted by Crippen LogP contribution is 2.32. The van der Waals surface area contributed by atoms with Crippen LogP contribution in [0.25, 0.3) is 0 Å². The molecule has 5 heteroatoms. The van der Waals surface area contributed by atoms with Crippen molar-refractivity contribution < 1.29 is 14.3 Å². The molecule has 1 rings (SSSR count). The largest absolute Gasteiger partial charge is 0.493 e. The quantitative estimate of drug-likeness (QED) is 0.747. The van der Waals surface area contributed by atoms with E-state index >= 15 is 0 Å². The van der Waals surface area contributed by atoms with Crippen molar-refractivity contribution >= 4 is 17.5 Å². The Morgan fingerprint density at radius 1 is 1.20 bits per heavy atom. The van der Waals surface area contributed by atoms with Gasteiger partial charge in [-0.1, -0.05) is 31.4 Å². The van der Waals surface area contributed by atoms with Crippen LogP contribution < -0.4 is 14.8 Å². The van der Waals surface area contributed by atoms with Gasteiger partial charge in [0, 0.05) is 24.1 Å². The fraction of sp³-hybridized carbons (Fsp3) is 0.533. The topological polar surface area (TPSA) is 47.6 Å². The molecule has 0 saturated carbocycles. The number of unbranched alkanes of at least 4 members (excludes halogenated alkanes) is 2. The van der Waals surface area contributed by atoms with E-state index in [1.54, 1.807) is 26.4 Å². The summed E-state index contributed by atoms with van der Waals surface area (Å²) in [6, 6.07) is 3.48. The number of methoxy groups -OCH3 is 2. The molecule has 0 aliphatic heterocycles. The molecular formula is C15H22ClNO3. The molecule has 0 fully saturated rings. The normalized spacial score (nSPS) is 10.2. The fourth-order valence-electron chi connectivity index (χ4n) is 1.85. The summed E-state index contributed by atoms with van der Waals surface area (Å²) in [4.78, 5) is 11.7. The molecule has 1 aromatic carbocycles. The number of nitrogens with one attached hydrogen (secondary N) is 1. The van der Waals surface area contributed by atoms with Crippen molar-refractivity contribution in [1.29, 1.82) is 0 Å². The molecule has 0 aliphatic rings. The van der Waals surface area contributed by atoms with E-state index in [0.717, 1.165) is 24.8 Å². The van der Waals surface area contributed by atoms with Gasteiger partial charge in [-0.3, -0.25) is 4.79 Å². The van der Waals surface area contributed by atoms with Gasteiger partial charge in [0.1, 0.15) is 0 Å². The molecule has 112 valence electrons. The first-order chi connectivity index (χ1) is 9.62. The maximum absolute atomic E-state index is 11.7. The summed E-state index contributed by atoms with van der Waals surface area (Å²) >= 11 is 6.16. The third-order valence-electron chi connectivity index (χ3n) is 3.04. The number of hydrogen-bond acceptors (Lipinski definition) is 3. The van der Waals surface area contributed by atoms with E-state index in [4.69, 9.17) is 21.1 Å². The first-order valence-electron chi connectivity index (χ1n) is 6.79. The summed E-state index contributed by atoms with van der Waals surface area (Å²) < 4.78 is 10.4. The van der Waals surface area contributed by atoms with E-state index in [2.05, 4.69) is 12.2 Å². The van der Waals surface area contributed by atoms with Crippen molar-refractivity contribution in [3.05, 3.63) is 22.7 Å². The van der Waals surface area contributed by atoms with Crippen LogP contribution in [0.2, 0.25) is 5.02 Å². The molecule has 0 heterocycles. The highest BCUT2D eigenvalue weighted by atomic mass is 35.5. The molecule has 0 saturated heterocycles. The Kier molecular flexibility index (Phi) is 7.23. The molecule has 1 aromatic rings. The number of carbonyl (C=O) groups is 1. The maximum atomic E-state index is 11.7. The second-order valence-corrected chi connectivity index (χ2v) is 4.94. The van der Waals surface area contributed by atoms with Crippen LogP contribution in [-0.2, 0) is 11.3 Å². The Labute approximate surface area is 125 Å². The van der Waals surface area contributed by atoms with Gasteiger partial charge < -0.3 is 14.8 Å². The van der Waals surface area contributed by atoms with E-state index < -0.39 is 0 Å². The summed E-state index contributed by atoms with van der Waals surface area (Å²) in [5.41, 5.74) is 0.813. The van der Waals surface area contributed by atoms with Crippen LogP contribution in [0, 0.1) is 0 Å². The van der Waals surface area contributed by atoms with Gasteiger partial charge in [0.15, 0.2) is 11.5 Å². The lowest BCUT2D eigenvalue weighted by Gasteiger charge is -2.12. The van der Waals surface area contributed by atoms with E-state index in [1.807, 2.05) is 0 Å². The van der Waals surface area contributed by atoms with Gasteiger partial charge in [0.2, 0.25) is 5.91 Å². The van der Waals surface area contributed by atoms with Gasteiger partial charge in [-0.25, -0.2) is 0 Å². The summed E-state index contributed by atoms with van der Waals surface area (Å²) in [5.74, 6) is 1.23. The molecule has 0 aliphatic carbocycles. The standard InChI is InChI=1S/C15H22ClNO3/c1-4-5-6-7-15(18)17-10-11-8-13(19-2)14(20-3)9-12(11)16/h8-9H,4-7,10H2,1-3H3,(H,17,18). The minimum atomic E-state index is 0.0456. The number of benzene rings is 1. The third kappa shape index (κ3) is 4.93. The van der Waals surface area contributed by atoms with Crippen LogP contribution in [-0.4, -0.2) is 20.1 Å². The molecule has 20 heavy (non-hydrogen) atoms. The van der Waals surface area contributed by atoms with Crippen molar-refractivity contribution in [3.8, 4) is 11.5 Å². The van der Waals surface area contributed by atoms with Gasteiger partial charge in [-0.15, -0.1) is 0 Å². The molecule has 0 unspecified atom stereocenters. The summed E-state index contributed by atoms with van der Waals surface area (Å²) in [7, 11) is 3.13. The van der Waals surface area contributed by atoms with E-state index in [1.165, 1.54) is 0 Å². The van der Waals surface area contributed by atoms with Crippen molar-refractivity contribution in [2.45, 2.75) is 39.2 Å². The second kappa shape index (κ2) is 8.69. The first kappa shape index (κ1) is 16.6. The SMILES string of the molecule is CCCCCC(=O)NCc1cc(OC)c(OC)cc1Cl. The number of ether oxygens (including phenoxy) is 2. The van der Waals surface area contributed by atoms with Gasteiger partial charge in [0.05, 0.1) is 14.2 Å². The Balaban J connectivity index is 2.61. The first-order valence-corrected chi connectivity index (χ1v) is 7.17. The number of rotatable bonds is 8. The zero-order valence-corrected chi connectivity index (χ0v) is 13.0. The highest BCUT2D eigenvalue weighted by Gasteiger charge is 2.10. The Hall–Kier alpha value is -1.42. The molecule has 1 N–H and O–H groups in total. The lowest BCUT2D eigenvalue weighted by molar-refractivity contribution is -0.121. The molecule has 1 amide bonds. The van der Waals surface area contributed by atoms with E-state index in [9.17, 15) is 4.79 Å². The number of amides is 1. The summed E-state index contributed by atoms with van der Waals surface area (Å²) in [5, 5.41) is 3.42. The maximum Gasteiger partial charge on any atom is 0.220 e. The summed E-state index contributed by atoms with van der Waals surface area (Å²) in [6.45, 7) is 2.51. The average Bonchev–Trinajstić information content (AvgIpc) is 2.45. The molecule has 0 aromatic heterocycles. The monoisotopic (exact) mass is 299 g/mol. The van der Waals surface area contributed by atoms with Crippen LogP contribution >= 0.6 is 11.6 Å². The summed E-state index contributed by atoms with van der Waals surface area (Å²) in [6.07, 6.45) is 3.65. The minimum absolute atomic E-state index is 0.0456. The average molecular weight is 300 g/mol. The fourth-order valence-corrected chi connectivity index (χ4v) is 2.07. The van der Waals surface area contributed by atoms with Crippen molar-refractivity contribution in [2.24, 2.45) is 0 Å². The van der Waals surface area contributed by atoms with Crippen LogP contribution in [0.5, 0.6) is 11.5 Å². The van der Waals surface area contributed by atoms with E-state index in [-0.39, 0.29) is 5.91 Å². The predicted molar refractivity (Wildman–Crippen MR) is 80.5 cm³/mol. The number of halogens is 1. The van der Waals surface area contributed by atoms with Gasteiger partial charge in [-0.05, 0) is 18.1 Å². The molecule has 4 nitrogen and oxygen atoms in total. The number of carbonyl (C=O) groups excluding carboxylic acids is 1. The molecule has 0 bridgehead atoms. The van der Waals surface area contributed by atoms with Gasteiger partial charge >= 0.3 is 0 Å². The van der Waals surface area contributed by atoms with Crippen LogP contribution in [0.3, 0.4) is 0 Å². The second-order valence-electron chi connectivity index (χ2n) is 4.53. The zero-order valence-electron chi connectivity index (χ0n) is 12.3. The van der Waals surface area contributed by atoms with Gasteiger partial charge in [-0.2, -0.15) is 0 Å². The molecule has 0 atom stereocenters. The lowest BCUT2D eigenvalue weighted by Crippen LogP contribution is -2.22. The highest BCUT2D eigenvalue weighted by molar-refractivity contribution is 6.31. The van der Waals surface area contributed by atoms with Crippen LogP contribution in [0.1, 0.15) is 38.2 Å². The number of hydrogen-bond donors (Lipinski definition) is 1. The van der Waals surface area contributed by atoms with Crippen molar-refractivity contribution in [2.75, 3.05) is 14.2 Å². The predicted octanol–water partition coefficient (Wildman–Crippen LogP) is 3.55. The molecular weight excluding hydrogens is 278 g/mol. The Morgan fingerprint density at radius 3 is 2.45 bits per heavy atom.